The zero-order valence-corrected chi connectivity index (χ0v) is 11.5. The van der Waals surface area contributed by atoms with Crippen molar-refractivity contribution in [1.82, 2.24) is 4.90 Å². The molecule has 5 heteroatoms. The highest BCUT2D eigenvalue weighted by Crippen LogP contribution is 2.24. The Balaban J connectivity index is 1.59. The molecule has 0 bridgehead atoms. The van der Waals surface area contributed by atoms with Crippen molar-refractivity contribution in [2.75, 3.05) is 37.3 Å². The minimum atomic E-state index is 0.189. The van der Waals surface area contributed by atoms with Crippen LogP contribution in [-0.4, -0.2) is 43.3 Å². The van der Waals surface area contributed by atoms with E-state index in [1.165, 1.54) is 19.4 Å². The molecule has 0 aromatic heterocycles. The summed E-state index contributed by atoms with van der Waals surface area (Å²) in [5.41, 5.74) is 7.81. The second-order valence-electron chi connectivity index (χ2n) is 5.51. The van der Waals surface area contributed by atoms with Crippen molar-refractivity contribution in [3.63, 3.8) is 0 Å². The lowest BCUT2D eigenvalue weighted by Gasteiger charge is -2.35. The van der Waals surface area contributed by atoms with Crippen LogP contribution in [0.5, 0.6) is 0 Å². The maximum atomic E-state index is 8.97. The van der Waals surface area contributed by atoms with Gasteiger partial charge in [-0.05, 0) is 31.5 Å². The predicted octanol–water partition coefficient (Wildman–Crippen LogP) is 1.42. The molecule has 0 spiro atoms. The van der Waals surface area contributed by atoms with Gasteiger partial charge in [-0.2, -0.15) is 5.26 Å². The molecule has 0 radical (unpaired) electrons. The lowest BCUT2D eigenvalue weighted by Crippen LogP contribution is -2.48. The Morgan fingerprint density at radius 1 is 1.50 bits per heavy atom. The molecular weight excluding hydrogens is 252 g/mol. The molecule has 2 fully saturated rings. The maximum absolute atomic E-state index is 8.97. The quantitative estimate of drug-likeness (QED) is 0.814. The predicted molar refractivity (Wildman–Crippen MR) is 78.4 cm³/mol. The van der Waals surface area contributed by atoms with Gasteiger partial charge in [-0.25, -0.2) is 0 Å². The van der Waals surface area contributed by atoms with Crippen molar-refractivity contribution in [2.45, 2.75) is 25.0 Å². The number of ether oxygens (including phenoxy) is 1. The summed E-state index contributed by atoms with van der Waals surface area (Å²) in [5.74, 6) is 0. The van der Waals surface area contributed by atoms with Gasteiger partial charge in [-0.1, -0.05) is 6.07 Å². The van der Waals surface area contributed by atoms with Gasteiger partial charge in [-0.15, -0.1) is 0 Å². The van der Waals surface area contributed by atoms with Crippen molar-refractivity contribution in [3.05, 3.63) is 23.8 Å². The number of nitrogens with one attached hydrogen (secondary N) is 1. The van der Waals surface area contributed by atoms with E-state index in [1.54, 1.807) is 6.07 Å². The number of hydrogen-bond acceptors (Lipinski definition) is 5. The summed E-state index contributed by atoms with van der Waals surface area (Å²) < 4.78 is 5.90. The fourth-order valence-electron chi connectivity index (χ4n) is 3.05. The molecule has 3 N–H and O–H groups in total. The van der Waals surface area contributed by atoms with Crippen LogP contribution in [0.4, 0.5) is 11.4 Å². The van der Waals surface area contributed by atoms with Crippen LogP contribution < -0.4 is 11.1 Å². The molecule has 2 saturated heterocycles. The van der Waals surface area contributed by atoms with Crippen molar-refractivity contribution >= 4 is 11.4 Å². The molecule has 0 aliphatic carbocycles. The summed E-state index contributed by atoms with van der Waals surface area (Å²) in [7, 11) is 0. The minimum Gasteiger partial charge on any atom is -0.396 e. The Labute approximate surface area is 119 Å². The van der Waals surface area contributed by atoms with Crippen molar-refractivity contribution in [3.8, 4) is 6.07 Å². The number of hydrogen-bond donors (Lipinski definition) is 2. The molecule has 2 heterocycles. The third kappa shape index (κ3) is 2.58. The highest BCUT2D eigenvalue weighted by atomic mass is 16.5. The molecule has 0 saturated carbocycles. The van der Waals surface area contributed by atoms with Gasteiger partial charge in [0.15, 0.2) is 0 Å². The number of morpholine rings is 1. The second-order valence-corrected chi connectivity index (χ2v) is 5.51. The summed E-state index contributed by atoms with van der Waals surface area (Å²) in [6.45, 7) is 3.73. The zero-order valence-electron chi connectivity index (χ0n) is 11.5. The SMILES string of the molecule is N#Cc1cccc(NCC2CN3CCCC3CO2)c1N. The van der Waals surface area contributed by atoms with Gasteiger partial charge in [0, 0.05) is 19.1 Å². The van der Waals surface area contributed by atoms with E-state index in [4.69, 9.17) is 15.7 Å². The van der Waals surface area contributed by atoms with Crippen LogP contribution in [0.2, 0.25) is 0 Å². The largest absolute Gasteiger partial charge is 0.396 e. The Bertz CT molecular complexity index is 525. The maximum Gasteiger partial charge on any atom is 0.101 e. The number of benzene rings is 1. The van der Waals surface area contributed by atoms with Gasteiger partial charge in [0.05, 0.1) is 29.6 Å². The van der Waals surface area contributed by atoms with E-state index >= 15 is 0 Å². The molecule has 1 aromatic carbocycles. The van der Waals surface area contributed by atoms with E-state index in [1.807, 2.05) is 12.1 Å². The first-order valence-corrected chi connectivity index (χ1v) is 7.16. The summed E-state index contributed by atoms with van der Waals surface area (Å²) in [4.78, 5) is 2.52. The first-order valence-electron chi connectivity index (χ1n) is 7.16. The first kappa shape index (κ1) is 13.2. The van der Waals surface area contributed by atoms with E-state index in [-0.39, 0.29) is 6.10 Å². The second kappa shape index (κ2) is 5.70. The highest BCUT2D eigenvalue weighted by Gasteiger charge is 2.31. The number of nitrogens with two attached hydrogens (primary N) is 1. The molecule has 5 nitrogen and oxygen atoms in total. The molecule has 3 rings (SSSR count). The summed E-state index contributed by atoms with van der Waals surface area (Å²) in [6.07, 6.45) is 2.73. The van der Waals surface area contributed by atoms with E-state index in [0.717, 1.165) is 25.4 Å². The molecule has 20 heavy (non-hydrogen) atoms. The summed E-state index contributed by atoms with van der Waals surface area (Å²) in [5, 5.41) is 12.3. The Morgan fingerprint density at radius 3 is 3.25 bits per heavy atom. The number of nitrogen functional groups attached to an aromatic ring is 1. The van der Waals surface area contributed by atoms with Gasteiger partial charge in [0.25, 0.3) is 0 Å². The van der Waals surface area contributed by atoms with Gasteiger partial charge in [0.2, 0.25) is 0 Å². The lowest BCUT2D eigenvalue weighted by atomic mass is 10.1. The summed E-state index contributed by atoms with van der Waals surface area (Å²) in [6, 6.07) is 8.19. The van der Waals surface area contributed by atoms with Crippen LogP contribution in [0.15, 0.2) is 18.2 Å². The van der Waals surface area contributed by atoms with Crippen molar-refractivity contribution in [2.24, 2.45) is 0 Å². The van der Waals surface area contributed by atoms with Crippen LogP contribution in [0.25, 0.3) is 0 Å². The van der Waals surface area contributed by atoms with Crippen molar-refractivity contribution < 1.29 is 4.74 Å². The van der Waals surface area contributed by atoms with Crippen LogP contribution in [0, 0.1) is 11.3 Å². The number of fused-ring (bicyclic) bond motifs is 1. The molecular formula is C15H20N4O. The van der Waals surface area contributed by atoms with E-state index in [9.17, 15) is 0 Å². The summed E-state index contributed by atoms with van der Waals surface area (Å²) >= 11 is 0. The number of anilines is 2. The topological polar surface area (TPSA) is 74.3 Å². The highest BCUT2D eigenvalue weighted by molar-refractivity contribution is 5.72. The number of nitriles is 1. The normalized spacial score (nSPS) is 25.9. The van der Waals surface area contributed by atoms with Gasteiger partial charge in [-0.3, -0.25) is 4.90 Å². The van der Waals surface area contributed by atoms with E-state index in [2.05, 4.69) is 16.3 Å². The van der Waals surface area contributed by atoms with Gasteiger partial charge < -0.3 is 15.8 Å². The first-order chi connectivity index (χ1) is 9.78. The molecule has 1 aromatic rings. The lowest BCUT2D eigenvalue weighted by molar-refractivity contribution is -0.0415. The molecule has 2 unspecified atom stereocenters. The van der Waals surface area contributed by atoms with Crippen LogP contribution in [-0.2, 0) is 4.74 Å². The van der Waals surface area contributed by atoms with Crippen LogP contribution in [0.3, 0.4) is 0 Å². The fraction of sp³-hybridized carbons (Fsp3) is 0.533. The number of nitrogens with zero attached hydrogens (tertiary/aromatic N) is 2. The van der Waals surface area contributed by atoms with E-state index in [0.29, 0.717) is 17.3 Å². The Hall–Kier alpha value is -1.77. The monoisotopic (exact) mass is 272 g/mol. The Morgan fingerprint density at radius 2 is 2.40 bits per heavy atom. The standard InChI is InChI=1S/C15H20N4O/c16-7-11-3-1-5-14(15(11)17)18-8-13-9-19-6-2-4-12(19)10-20-13/h1,3,5,12-13,18H,2,4,6,8-10,17H2. The van der Waals surface area contributed by atoms with Crippen LogP contribution >= 0.6 is 0 Å². The van der Waals surface area contributed by atoms with Crippen LogP contribution in [0.1, 0.15) is 18.4 Å². The third-order valence-electron chi connectivity index (χ3n) is 4.21. The molecule has 0 amide bonds. The third-order valence-corrected chi connectivity index (χ3v) is 4.21. The molecule has 106 valence electrons. The van der Waals surface area contributed by atoms with Gasteiger partial charge >= 0.3 is 0 Å². The minimum absolute atomic E-state index is 0.189. The Kier molecular flexibility index (Phi) is 3.77. The zero-order chi connectivity index (χ0) is 13.9. The average Bonchev–Trinajstić information content (AvgIpc) is 2.93. The molecule has 2 aliphatic rings. The molecule has 2 aliphatic heterocycles. The van der Waals surface area contributed by atoms with Gasteiger partial charge in [0.1, 0.15) is 6.07 Å². The molecule has 2 atom stereocenters. The van der Waals surface area contributed by atoms with Crippen molar-refractivity contribution in [1.29, 1.82) is 5.26 Å². The fourth-order valence-corrected chi connectivity index (χ4v) is 3.05. The number of para-hydroxylation sites is 1. The average molecular weight is 272 g/mol. The van der Waals surface area contributed by atoms with E-state index < -0.39 is 0 Å². The number of rotatable bonds is 3. The smallest absolute Gasteiger partial charge is 0.101 e.